The van der Waals surface area contributed by atoms with Crippen molar-refractivity contribution in [2.24, 2.45) is 5.92 Å². The van der Waals surface area contributed by atoms with Crippen molar-refractivity contribution in [1.29, 1.82) is 0 Å². The number of ether oxygens (including phenoxy) is 1. The molecule has 1 amide bonds. The van der Waals surface area contributed by atoms with E-state index in [0.717, 1.165) is 0 Å². The topological polar surface area (TPSA) is 81.2 Å². The number of thioether (sulfide) groups is 1. The highest BCUT2D eigenvalue weighted by Gasteiger charge is 2.22. The molecule has 0 saturated heterocycles. The zero-order chi connectivity index (χ0) is 15.0. The largest absolute Gasteiger partial charge is 0.467 e. The molecule has 1 atom stereocenters. The Morgan fingerprint density at radius 3 is 2.55 bits per heavy atom. The Balaban J connectivity index is 2.47. The second-order valence-electron chi connectivity index (χ2n) is 4.59. The molecule has 0 bridgehead atoms. The molecule has 7 heteroatoms. The van der Waals surface area contributed by atoms with Gasteiger partial charge in [-0.05, 0) is 18.4 Å². The lowest BCUT2D eigenvalue weighted by Crippen LogP contribution is -2.43. The van der Waals surface area contributed by atoms with Crippen molar-refractivity contribution >= 4 is 23.6 Å². The van der Waals surface area contributed by atoms with E-state index < -0.39 is 12.0 Å². The smallest absolute Gasteiger partial charge is 0.328 e. The van der Waals surface area contributed by atoms with Gasteiger partial charge in [-0.2, -0.15) is 0 Å². The molecule has 0 unspecified atom stereocenters. The number of amides is 1. The van der Waals surface area contributed by atoms with E-state index in [1.807, 2.05) is 13.8 Å². The summed E-state index contributed by atoms with van der Waals surface area (Å²) in [6.45, 7) is 3.96. The summed E-state index contributed by atoms with van der Waals surface area (Å²) in [6, 6.07) is 1.10. The molecular weight excluding hydrogens is 278 g/mol. The van der Waals surface area contributed by atoms with Crippen LogP contribution in [0.4, 0.5) is 0 Å². The summed E-state index contributed by atoms with van der Waals surface area (Å²) in [5.74, 6) is -0.216. The van der Waals surface area contributed by atoms with Crippen molar-refractivity contribution < 1.29 is 14.3 Å². The van der Waals surface area contributed by atoms with Gasteiger partial charge in [0.2, 0.25) is 5.91 Å². The third kappa shape index (κ3) is 6.01. The van der Waals surface area contributed by atoms with Crippen molar-refractivity contribution in [2.75, 3.05) is 12.9 Å². The molecule has 1 heterocycles. The Kier molecular flexibility index (Phi) is 7.00. The summed E-state index contributed by atoms with van der Waals surface area (Å²) in [5.41, 5.74) is 0. The normalized spacial score (nSPS) is 12.0. The van der Waals surface area contributed by atoms with E-state index in [4.69, 9.17) is 4.74 Å². The fourth-order valence-electron chi connectivity index (χ4n) is 1.55. The Morgan fingerprint density at radius 1 is 1.35 bits per heavy atom. The number of carbonyl (C=O) groups is 2. The lowest BCUT2D eigenvalue weighted by atomic mass is 10.0. The van der Waals surface area contributed by atoms with Crippen LogP contribution in [0.3, 0.4) is 0 Å². The predicted molar refractivity (Wildman–Crippen MR) is 76.2 cm³/mol. The minimum absolute atomic E-state index is 0.162. The number of esters is 1. The molecule has 0 spiro atoms. The maximum Gasteiger partial charge on any atom is 0.328 e. The van der Waals surface area contributed by atoms with Crippen LogP contribution in [-0.4, -0.2) is 40.7 Å². The van der Waals surface area contributed by atoms with E-state index in [-0.39, 0.29) is 17.6 Å². The minimum Gasteiger partial charge on any atom is -0.467 e. The average molecular weight is 297 g/mol. The Labute approximate surface area is 122 Å². The monoisotopic (exact) mass is 297 g/mol. The number of methoxy groups -OCH3 is 1. The van der Waals surface area contributed by atoms with E-state index in [2.05, 4.69) is 15.3 Å². The zero-order valence-electron chi connectivity index (χ0n) is 11.8. The first-order chi connectivity index (χ1) is 9.52. The molecule has 110 valence electrons. The van der Waals surface area contributed by atoms with Crippen LogP contribution < -0.4 is 5.32 Å². The van der Waals surface area contributed by atoms with Gasteiger partial charge < -0.3 is 10.1 Å². The number of rotatable bonds is 7. The van der Waals surface area contributed by atoms with Crippen LogP contribution in [0.2, 0.25) is 0 Å². The molecule has 1 aromatic heterocycles. The number of hydrogen-bond acceptors (Lipinski definition) is 6. The van der Waals surface area contributed by atoms with Gasteiger partial charge in [0.05, 0.1) is 12.9 Å². The van der Waals surface area contributed by atoms with Crippen LogP contribution in [0, 0.1) is 5.92 Å². The zero-order valence-corrected chi connectivity index (χ0v) is 12.6. The van der Waals surface area contributed by atoms with E-state index in [1.54, 1.807) is 18.5 Å². The summed E-state index contributed by atoms with van der Waals surface area (Å²) in [4.78, 5) is 31.4. The van der Waals surface area contributed by atoms with Gasteiger partial charge in [0.15, 0.2) is 5.16 Å². The summed E-state index contributed by atoms with van der Waals surface area (Å²) in [6.07, 6.45) is 3.78. The quantitative estimate of drug-likeness (QED) is 0.464. The first kappa shape index (κ1) is 16.4. The van der Waals surface area contributed by atoms with Gasteiger partial charge in [0.1, 0.15) is 6.04 Å². The molecule has 6 nitrogen and oxygen atoms in total. The number of nitrogens with zero attached hydrogens (tertiary/aromatic N) is 2. The van der Waals surface area contributed by atoms with Crippen molar-refractivity contribution in [1.82, 2.24) is 15.3 Å². The molecule has 0 radical (unpaired) electrons. The highest BCUT2D eigenvalue weighted by Crippen LogP contribution is 2.11. The summed E-state index contributed by atoms with van der Waals surface area (Å²) in [7, 11) is 1.31. The number of aromatic nitrogens is 2. The molecule has 1 aromatic rings. The van der Waals surface area contributed by atoms with Crippen LogP contribution in [-0.2, 0) is 14.3 Å². The molecule has 0 aliphatic rings. The van der Waals surface area contributed by atoms with E-state index in [1.165, 1.54) is 18.9 Å². The van der Waals surface area contributed by atoms with Crippen LogP contribution in [0.5, 0.6) is 0 Å². The summed E-state index contributed by atoms with van der Waals surface area (Å²) >= 11 is 1.22. The van der Waals surface area contributed by atoms with Crippen molar-refractivity contribution in [2.45, 2.75) is 31.5 Å². The Hall–Kier alpha value is -1.63. The lowest BCUT2D eigenvalue weighted by Gasteiger charge is -2.18. The van der Waals surface area contributed by atoms with Gasteiger partial charge in [-0.1, -0.05) is 25.6 Å². The number of carbonyl (C=O) groups excluding carboxylic acids is 2. The van der Waals surface area contributed by atoms with E-state index in [9.17, 15) is 9.59 Å². The van der Waals surface area contributed by atoms with Crippen molar-refractivity contribution in [3.63, 3.8) is 0 Å². The molecule has 1 rings (SSSR count). The highest BCUT2D eigenvalue weighted by atomic mass is 32.2. The standard InChI is InChI=1S/C13H19N3O3S/c1-9(2)7-10(12(18)19-3)16-11(17)8-20-13-14-5-4-6-15-13/h4-6,9-10H,7-8H2,1-3H3,(H,16,17)/t10-/m1/s1. The maximum absolute atomic E-state index is 11.8. The van der Waals surface area contributed by atoms with Gasteiger partial charge in [0, 0.05) is 12.4 Å². The van der Waals surface area contributed by atoms with Gasteiger partial charge in [-0.3, -0.25) is 4.79 Å². The third-order valence-corrected chi connectivity index (χ3v) is 3.28. The molecule has 20 heavy (non-hydrogen) atoms. The summed E-state index contributed by atoms with van der Waals surface area (Å²) < 4.78 is 4.69. The Morgan fingerprint density at radius 2 is 2.00 bits per heavy atom. The fourth-order valence-corrected chi connectivity index (χ4v) is 2.17. The van der Waals surface area contributed by atoms with Crippen LogP contribution in [0.1, 0.15) is 20.3 Å². The van der Waals surface area contributed by atoms with Gasteiger partial charge in [-0.15, -0.1) is 0 Å². The molecule has 1 N–H and O–H groups in total. The average Bonchev–Trinajstić information content (AvgIpc) is 2.44. The van der Waals surface area contributed by atoms with Crippen LogP contribution in [0.15, 0.2) is 23.6 Å². The van der Waals surface area contributed by atoms with E-state index >= 15 is 0 Å². The van der Waals surface area contributed by atoms with E-state index in [0.29, 0.717) is 11.6 Å². The minimum atomic E-state index is -0.607. The first-order valence-corrected chi connectivity index (χ1v) is 7.28. The second kappa shape index (κ2) is 8.52. The van der Waals surface area contributed by atoms with Crippen molar-refractivity contribution in [3.05, 3.63) is 18.5 Å². The fraction of sp³-hybridized carbons (Fsp3) is 0.538. The third-order valence-electron chi connectivity index (χ3n) is 2.40. The van der Waals surface area contributed by atoms with Gasteiger partial charge >= 0.3 is 5.97 Å². The maximum atomic E-state index is 11.8. The summed E-state index contributed by atoms with van der Waals surface area (Å²) in [5, 5.41) is 3.21. The molecule has 0 saturated carbocycles. The molecular formula is C13H19N3O3S. The lowest BCUT2D eigenvalue weighted by molar-refractivity contribution is -0.145. The van der Waals surface area contributed by atoms with Crippen molar-refractivity contribution in [3.8, 4) is 0 Å². The second-order valence-corrected chi connectivity index (χ2v) is 5.54. The molecule has 0 aliphatic carbocycles. The van der Waals surface area contributed by atoms with Crippen LogP contribution in [0.25, 0.3) is 0 Å². The van der Waals surface area contributed by atoms with Gasteiger partial charge in [0.25, 0.3) is 0 Å². The highest BCUT2D eigenvalue weighted by molar-refractivity contribution is 7.99. The number of hydrogen-bond donors (Lipinski definition) is 1. The number of nitrogens with one attached hydrogen (secondary N) is 1. The molecule has 0 aromatic carbocycles. The predicted octanol–water partition coefficient (Wildman–Crippen LogP) is 1.27. The first-order valence-electron chi connectivity index (χ1n) is 6.30. The molecule has 0 fully saturated rings. The molecule has 0 aliphatic heterocycles. The SMILES string of the molecule is COC(=O)[C@@H](CC(C)C)NC(=O)CSc1ncccn1. The van der Waals surface area contributed by atoms with Crippen LogP contribution >= 0.6 is 11.8 Å². The van der Waals surface area contributed by atoms with Gasteiger partial charge in [-0.25, -0.2) is 14.8 Å². The Bertz CT molecular complexity index is 440.